The molecular formula is C19H22N2O. The summed E-state index contributed by atoms with van der Waals surface area (Å²) in [4.78, 5) is 7.97. The minimum Gasteiger partial charge on any atom is -0.483 e. The molecule has 0 saturated carbocycles. The first-order chi connectivity index (χ1) is 10.5. The molecule has 3 nitrogen and oxygen atoms in total. The van der Waals surface area contributed by atoms with Crippen molar-refractivity contribution < 1.29 is 4.74 Å². The fourth-order valence-electron chi connectivity index (χ4n) is 2.63. The second kappa shape index (κ2) is 5.84. The van der Waals surface area contributed by atoms with Gasteiger partial charge in [0.25, 0.3) is 0 Å². The third-order valence-electron chi connectivity index (χ3n) is 3.89. The fourth-order valence-corrected chi connectivity index (χ4v) is 2.63. The summed E-state index contributed by atoms with van der Waals surface area (Å²) in [6.45, 7) is 8.49. The van der Waals surface area contributed by atoms with E-state index in [-0.39, 0.29) is 6.10 Å². The molecule has 0 amide bonds. The molecule has 1 atom stereocenters. The van der Waals surface area contributed by atoms with Crippen molar-refractivity contribution in [1.82, 2.24) is 9.97 Å². The van der Waals surface area contributed by atoms with Crippen LogP contribution in [0.15, 0.2) is 42.5 Å². The van der Waals surface area contributed by atoms with Gasteiger partial charge in [-0.2, -0.15) is 0 Å². The SMILES string of the molecule is Cc1ccc(C(C)C)c(O[C@H](C)c2nc3ccccc3[nH]2)c1. The van der Waals surface area contributed by atoms with E-state index in [2.05, 4.69) is 48.9 Å². The van der Waals surface area contributed by atoms with Crippen LogP contribution in [0.3, 0.4) is 0 Å². The molecule has 0 saturated heterocycles. The molecule has 22 heavy (non-hydrogen) atoms. The summed E-state index contributed by atoms with van der Waals surface area (Å²) < 4.78 is 6.21. The maximum Gasteiger partial charge on any atom is 0.153 e. The fraction of sp³-hybridized carbons (Fsp3) is 0.316. The normalized spacial score (nSPS) is 12.8. The highest BCUT2D eigenvalue weighted by molar-refractivity contribution is 5.74. The summed E-state index contributed by atoms with van der Waals surface area (Å²) >= 11 is 0. The average molecular weight is 294 g/mol. The zero-order chi connectivity index (χ0) is 15.7. The van der Waals surface area contributed by atoms with Crippen LogP contribution in [0.1, 0.15) is 49.7 Å². The van der Waals surface area contributed by atoms with Gasteiger partial charge in [0.15, 0.2) is 6.10 Å². The molecule has 0 aliphatic carbocycles. The Labute approximate surface area is 131 Å². The van der Waals surface area contributed by atoms with Gasteiger partial charge in [0, 0.05) is 0 Å². The number of para-hydroxylation sites is 2. The number of H-pyrrole nitrogens is 1. The van der Waals surface area contributed by atoms with Gasteiger partial charge in [0.05, 0.1) is 11.0 Å². The second-order valence-electron chi connectivity index (χ2n) is 6.10. The number of hydrogen-bond donors (Lipinski definition) is 1. The highest BCUT2D eigenvalue weighted by atomic mass is 16.5. The number of rotatable bonds is 4. The molecule has 0 radical (unpaired) electrons. The van der Waals surface area contributed by atoms with Gasteiger partial charge in [0.1, 0.15) is 11.6 Å². The van der Waals surface area contributed by atoms with Crippen LogP contribution in [-0.2, 0) is 0 Å². The third kappa shape index (κ3) is 2.84. The number of aryl methyl sites for hydroxylation is 1. The molecule has 0 fully saturated rings. The Morgan fingerprint density at radius 2 is 1.82 bits per heavy atom. The predicted molar refractivity (Wildman–Crippen MR) is 90.4 cm³/mol. The van der Waals surface area contributed by atoms with Crippen LogP contribution in [0, 0.1) is 6.92 Å². The Morgan fingerprint density at radius 1 is 1.05 bits per heavy atom. The largest absolute Gasteiger partial charge is 0.483 e. The van der Waals surface area contributed by atoms with Crippen molar-refractivity contribution in [2.75, 3.05) is 0 Å². The van der Waals surface area contributed by atoms with Crippen molar-refractivity contribution in [3.63, 3.8) is 0 Å². The number of nitrogens with one attached hydrogen (secondary N) is 1. The summed E-state index contributed by atoms with van der Waals surface area (Å²) in [6, 6.07) is 14.4. The maximum atomic E-state index is 6.21. The number of benzene rings is 2. The summed E-state index contributed by atoms with van der Waals surface area (Å²) in [6.07, 6.45) is -0.119. The van der Waals surface area contributed by atoms with Gasteiger partial charge in [-0.3, -0.25) is 0 Å². The summed E-state index contributed by atoms with van der Waals surface area (Å²) in [5, 5.41) is 0. The van der Waals surface area contributed by atoms with Crippen molar-refractivity contribution in [2.45, 2.75) is 39.7 Å². The minimum absolute atomic E-state index is 0.119. The highest BCUT2D eigenvalue weighted by Crippen LogP contribution is 2.31. The van der Waals surface area contributed by atoms with E-state index in [1.807, 2.05) is 31.2 Å². The van der Waals surface area contributed by atoms with E-state index in [1.165, 1.54) is 11.1 Å². The molecule has 0 aliphatic rings. The highest BCUT2D eigenvalue weighted by Gasteiger charge is 2.15. The van der Waals surface area contributed by atoms with Gasteiger partial charge in [-0.05, 0) is 49.1 Å². The van der Waals surface area contributed by atoms with E-state index in [0.29, 0.717) is 5.92 Å². The van der Waals surface area contributed by atoms with Gasteiger partial charge in [0.2, 0.25) is 0 Å². The molecule has 0 bridgehead atoms. The van der Waals surface area contributed by atoms with Crippen LogP contribution in [0.2, 0.25) is 0 Å². The van der Waals surface area contributed by atoms with Crippen LogP contribution in [-0.4, -0.2) is 9.97 Å². The topological polar surface area (TPSA) is 37.9 Å². The Kier molecular flexibility index (Phi) is 3.88. The van der Waals surface area contributed by atoms with Gasteiger partial charge < -0.3 is 9.72 Å². The van der Waals surface area contributed by atoms with Gasteiger partial charge in [-0.25, -0.2) is 4.98 Å². The Balaban J connectivity index is 1.90. The van der Waals surface area contributed by atoms with Crippen molar-refractivity contribution in [3.05, 3.63) is 59.4 Å². The number of ether oxygens (including phenoxy) is 1. The number of nitrogens with zero attached hydrogens (tertiary/aromatic N) is 1. The molecular weight excluding hydrogens is 272 g/mol. The molecule has 3 rings (SSSR count). The van der Waals surface area contributed by atoms with Crippen molar-refractivity contribution in [2.24, 2.45) is 0 Å². The molecule has 114 valence electrons. The second-order valence-corrected chi connectivity index (χ2v) is 6.10. The van der Waals surface area contributed by atoms with Crippen molar-refractivity contribution in [1.29, 1.82) is 0 Å². The Hall–Kier alpha value is -2.29. The van der Waals surface area contributed by atoms with E-state index in [9.17, 15) is 0 Å². The first-order valence-electron chi connectivity index (χ1n) is 7.76. The molecule has 1 N–H and O–H groups in total. The molecule has 2 aromatic carbocycles. The smallest absolute Gasteiger partial charge is 0.153 e. The zero-order valence-corrected chi connectivity index (χ0v) is 13.6. The molecule has 0 spiro atoms. The minimum atomic E-state index is -0.119. The number of aromatic amines is 1. The van der Waals surface area contributed by atoms with Crippen LogP contribution in [0.5, 0.6) is 5.75 Å². The predicted octanol–water partition coefficient (Wildman–Crippen LogP) is 5.13. The number of aromatic nitrogens is 2. The Bertz CT molecular complexity index is 756. The van der Waals surface area contributed by atoms with E-state index in [4.69, 9.17) is 4.74 Å². The van der Waals surface area contributed by atoms with E-state index < -0.39 is 0 Å². The molecule has 3 aromatic rings. The average Bonchev–Trinajstić information content (AvgIpc) is 2.91. The molecule has 1 heterocycles. The zero-order valence-electron chi connectivity index (χ0n) is 13.6. The van der Waals surface area contributed by atoms with Gasteiger partial charge >= 0.3 is 0 Å². The van der Waals surface area contributed by atoms with Crippen molar-refractivity contribution >= 4 is 11.0 Å². The summed E-state index contributed by atoms with van der Waals surface area (Å²) in [5.41, 5.74) is 4.45. The van der Waals surface area contributed by atoms with E-state index in [1.54, 1.807) is 0 Å². The first kappa shape index (κ1) is 14.6. The lowest BCUT2D eigenvalue weighted by Gasteiger charge is -2.18. The summed E-state index contributed by atoms with van der Waals surface area (Å²) in [5.74, 6) is 2.24. The lowest BCUT2D eigenvalue weighted by molar-refractivity contribution is 0.215. The van der Waals surface area contributed by atoms with Crippen molar-refractivity contribution in [3.8, 4) is 5.75 Å². The van der Waals surface area contributed by atoms with Crippen LogP contribution in [0.25, 0.3) is 11.0 Å². The lowest BCUT2D eigenvalue weighted by Crippen LogP contribution is -2.07. The van der Waals surface area contributed by atoms with Crippen LogP contribution < -0.4 is 4.74 Å². The summed E-state index contributed by atoms with van der Waals surface area (Å²) in [7, 11) is 0. The van der Waals surface area contributed by atoms with E-state index >= 15 is 0 Å². The number of fused-ring (bicyclic) bond motifs is 1. The maximum absolute atomic E-state index is 6.21. The molecule has 0 aliphatic heterocycles. The first-order valence-corrected chi connectivity index (χ1v) is 7.76. The third-order valence-corrected chi connectivity index (χ3v) is 3.89. The molecule has 1 aromatic heterocycles. The number of imidazole rings is 1. The van der Waals surface area contributed by atoms with E-state index in [0.717, 1.165) is 22.6 Å². The van der Waals surface area contributed by atoms with Crippen LogP contribution in [0.4, 0.5) is 0 Å². The standard InChI is InChI=1S/C19H22N2O/c1-12(2)15-10-9-13(3)11-18(15)22-14(4)19-20-16-7-5-6-8-17(16)21-19/h5-12,14H,1-4H3,(H,20,21)/t14-/m1/s1. The van der Waals surface area contributed by atoms with Gasteiger partial charge in [-0.1, -0.05) is 38.1 Å². The monoisotopic (exact) mass is 294 g/mol. The Morgan fingerprint density at radius 3 is 2.55 bits per heavy atom. The molecule has 3 heteroatoms. The van der Waals surface area contributed by atoms with Crippen LogP contribution >= 0.6 is 0 Å². The number of hydrogen-bond acceptors (Lipinski definition) is 2. The van der Waals surface area contributed by atoms with Gasteiger partial charge in [-0.15, -0.1) is 0 Å². The molecule has 0 unspecified atom stereocenters. The quantitative estimate of drug-likeness (QED) is 0.724. The lowest BCUT2D eigenvalue weighted by atomic mass is 10.0.